The molecule has 0 spiro atoms. The van der Waals surface area contributed by atoms with Crippen LogP contribution in [0.2, 0.25) is 0 Å². The van der Waals surface area contributed by atoms with Gasteiger partial charge in [-0.1, -0.05) is 30.3 Å². The second-order valence-electron chi connectivity index (χ2n) is 6.18. The van der Waals surface area contributed by atoms with E-state index >= 15 is 0 Å². The van der Waals surface area contributed by atoms with Crippen LogP contribution in [0.5, 0.6) is 0 Å². The van der Waals surface area contributed by atoms with E-state index in [4.69, 9.17) is 14.2 Å². The van der Waals surface area contributed by atoms with Gasteiger partial charge in [-0.3, -0.25) is 4.99 Å². The minimum absolute atomic E-state index is 0. The van der Waals surface area contributed by atoms with Crippen LogP contribution in [0.4, 0.5) is 0 Å². The maximum atomic E-state index is 5.71. The maximum absolute atomic E-state index is 5.71. The standard InChI is InChI=1S/C19H31N3O3.HI/c1-20-19(21-9-11-24-15-17-6-4-3-5-7-17)22-10-8-18(14-22)16-25-13-12-23-2;/h3-7,18H,8-16H2,1-2H3,(H,20,21);1H. The van der Waals surface area contributed by atoms with E-state index in [2.05, 4.69) is 27.3 Å². The molecule has 0 bridgehead atoms. The molecule has 1 unspecified atom stereocenters. The molecule has 1 aliphatic rings. The highest BCUT2D eigenvalue weighted by atomic mass is 127. The number of halogens is 1. The number of rotatable bonds is 10. The Morgan fingerprint density at radius 1 is 1.19 bits per heavy atom. The van der Waals surface area contributed by atoms with Gasteiger partial charge in [0.25, 0.3) is 0 Å². The number of ether oxygens (including phenoxy) is 3. The number of nitrogens with zero attached hydrogens (tertiary/aromatic N) is 2. The first kappa shape index (κ1) is 23.1. The molecule has 1 aromatic rings. The van der Waals surface area contributed by atoms with Crippen LogP contribution >= 0.6 is 24.0 Å². The van der Waals surface area contributed by atoms with Crippen LogP contribution in [-0.4, -0.2) is 71.1 Å². The lowest BCUT2D eigenvalue weighted by molar-refractivity contribution is 0.0536. The molecule has 1 heterocycles. The van der Waals surface area contributed by atoms with Crippen LogP contribution in [0.15, 0.2) is 35.3 Å². The van der Waals surface area contributed by atoms with Gasteiger partial charge in [0.05, 0.1) is 33.0 Å². The minimum Gasteiger partial charge on any atom is -0.382 e. The van der Waals surface area contributed by atoms with Crippen molar-refractivity contribution in [1.29, 1.82) is 0 Å². The lowest BCUT2D eigenvalue weighted by Crippen LogP contribution is -2.41. The quantitative estimate of drug-likeness (QED) is 0.243. The Kier molecular flexibility index (Phi) is 12.6. The third-order valence-electron chi connectivity index (χ3n) is 4.22. The van der Waals surface area contributed by atoms with Gasteiger partial charge in [-0.25, -0.2) is 0 Å². The number of hydrogen-bond donors (Lipinski definition) is 1. The zero-order chi connectivity index (χ0) is 17.7. The predicted octanol–water partition coefficient (Wildman–Crippen LogP) is 2.38. The summed E-state index contributed by atoms with van der Waals surface area (Å²) in [6.45, 7) is 6.17. The van der Waals surface area contributed by atoms with Gasteiger partial charge >= 0.3 is 0 Å². The lowest BCUT2D eigenvalue weighted by atomic mass is 10.1. The number of likely N-dealkylation sites (tertiary alicyclic amines) is 1. The number of aliphatic imine (C=N–C) groups is 1. The predicted molar refractivity (Wildman–Crippen MR) is 115 cm³/mol. The van der Waals surface area contributed by atoms with E-state index in [1.54, 1.807) is 7.11 Å². The Morgan fingerprint density at radius 3 is 2.73 bits per heavy atom. The molecule has 1 N–H and O–H groups in total. The summed E-state index contributed by atoms with van der Waals surface area (Å²) in [5.41, 5.74) is 1.20. The van der Waals surface area contributed by atoms with E-state index in [0.29, 0.717) is 32.3 Å². The largest absolute Gasteiger partial charge is 0.382 e. The molecule has 1 atom stereocenters. The Balaban J connectivity index is 0.00000338. The highest BCUT2D eigenvalue weighted by Crippen LogP contribution is 2.16. The smallest absolute Gasteiger partial charge is 0.193 e. The van der Waals surface area contributed by atoms with Crippen molar-refractivity contribution in [3.05, 3.63) is 35.9 Å². The molecule has 6 nitrogen and oxygen atoms in total. The fourth-order valence-electron chi connectivity index (χ4n) is 2.88. The molecule has 1 fully saturated rings. The molecule has 0 amide bonds. The van der Waals surface area contributed by atoms with E-state index in [0.717, 1.165) is 38.6 Å². The van der Waals surface area contributed by atoms with Gasteiger partial charge < -0.3 is 24.4 Å². The molecule has 0 saturated carbocycles. The van der Waals surface area contributed by atoms with Gasteiger partial charge in [0.15, 0.2) is 5.96 Å². The first-order chi connectivity index (χ1) is 12.3. The van der Waals surface area contributed by atoms with Crippen LogP contribution < -0.4 is 5.32 Å². The average Bonchev–Trinajstić information content (AvgIpc) is 3.11. The van der Waals surface area contributed by atoms with Gasteiger partial charge in [0.1, 0.15) is 0 Å². The minimum atomic E-state index is 0. The molecule has 2 rings (SSSR count). The van der Waals surface area contributed by atoms with Crippen molar-refractivity contribution in [1.82, 2.24) is 10.2 Å². The summed E-state index contributed by atoms with van der Waals surface area (Å²) >= 11 is 0. The molecule has 1 saturated heterocycles. The fraction of sp³-hybridized carbons (Fsp3) is 0.632. The van der Waals surface area contributed by atoms with Crippen LogP contribution in [0.25, 0.3) is 0 Å². The van der Waals surface area contributed by atoms with Gasteiger partial charge in [0, 0.05) is 39.7 Å². The summed E-state index contributed by atoms with van der Waals surface area (Å²) in [5, 5.41) is 3.38. The van der Waals surface area contributed by atoms with Crippen LogP contribution in [0.1, 0.15) is 12.0 Å². The zero-order valence-corrected chi connectivity index (χ0v) is 18.2. The Bertz CT molecular complexity index is 502. The maximum Gasteiger partial charge on any atom is 0.193 e. The van der Waals surface area contributed by atoms with E-state index in [9.17, 15) is 0 Å². The summed E-state index contributed by atoms with van der Waals surface area (Å²) in [4.78, 5) is 6.68. The Labute approximate surface area is 174 Å². The number of methoxy groups -OCH3 is 1. The molecule has 1 aliphatic heterocycles. The summed E-state index contributed by atoms with van der Waals surface area (Å²) in [6, 6.07) is 10.2. The van der Waals surface area contributed by atoms with Crippen molar-refractivity contribution in [2.75, 3.05) is 60.2 Å². The van der Waals surface area contributed by atoms with Gasteiger partial charge in [-0.2, -0.15) is 0 Å². The van der Waals surface area contributed by atoms with Crippen LogP contribution in [0, 0.1) is 5.92 Å². The van der Waals surface area contributed by atoms with Crippen LogP contribution in [-0.2, 0) is 20.8 Å². The number of nitrogens with one attached hydrogen (secondary N) is 1. The van der Waals surface area contributed by atoms with E-state index in [-0.39, 0.29) is 24.0 Å². The molecular weight excluding hydrogens is 445 g/mol. The van der Waals surface area contributed by atoms with Crippen molar-refractivity contribution in [2.24, 2.45) is 10.9 Å². The molecule has 0 aromatic heterocycles. The Hall–Kier alpha value is -0.900. The van der Waals surface area contributed by atoms with Gasteiger partial charge in [-0.15, -0.1) is 24.0 Å². The second-order valence-corrected chi connectivity index (χ2v) is 6.18. The molecule has 1 aromatic carbocycles. The van der Waals surface area contributed by atoms with Gasteiger partial charge in [-0.05, 0) is 12.0 Å². The number of guanidine groups is 1. The van der Waals surface area contributed by atoms with E-state index in [1.807, 2.05) is 25.2 Å². The Morgan fingerprint density at radius 2 is 2.00 bits per heavy atom. The molecule has 0 aliphatic carbocycles. The average molecular weight is 477 g/mol. The normalized spacial score (nSPS) is 17.2. The first-order valence-electron chi connectivity index (χ1n) is 8.97. The van der Waals surface area contributed by atoms with Crippen LogP contribution in [0.3, 0.4) is 0 Å². The SMILES string of the molecule is CN=C(NCCOCc1ccccc1)N1CCC(COCCOC)C1.I. The third-order valence-corrected chi connectivity index (χ3v) is 4.22. The summed E-state index contributed by atoms with van der Waals surface area (Å²) in [5.74, 6) is 1.51. The molecule has 148 valence electrons. The molecule has 26 heavy (non-hydrogen) atoms. The third kappa shape index (κ3) is 8.66. The van der Waals surface area contributed by atoms with Crippen molar-refractivity contribution in [2.45, 2.75) is 13.0 Å². The highest BCUT2D eigenvalue weighted by molar-refractivity contribution is 14.0. The second kappa shape index (κ2) is 14.2. The molecule has 0 radical (unpaired) electrons. The summed E-state index contributed by atoms with van der Waals surface area (Å²) in [6.07, 6.45) is 1.14. The van der Waals surface area contributed by atoms with E-state index < -0.39 is 0 Å². The zero-order valence-electron chi connectivity index (χ0n) is 15.9. The monoisotopic (exact) mass is 477 g/mol. The topological polar surface area (TPSA) is 55.3 Å². The fourth-order valence-corrected chi connectivity index (χ4v) is 2.88. The number of hydrogen-bond acceptors (Lipinski definition) is 4. The highest BCUT2D eigenvalue weighted by Gasteiger charge is 2.24. The number of benzene rings is 1. The molecular formula is C19H32IN3O3. The van der Waals surface area contributed by atoms with Crippen molar-refractivity contribution in [3.63, 3.8) is 0 Å². The van der Waals surface area contributed by atoms with Crippen molar-refractivity contribution < 1.29 is 14.2 Å². The molecule has 7 heteroatoms. The van der Waals surface area contributed by atoms with E-state index in [1.165, 1.54) is 5.56 Å². The summed E-state index contributed by atoms with van der Waals surface area (Å²) < 4.78 is 16.3. The first-order valence-corrected chi connectivity index (χ1v) is 8.97. The lowest BCUT2D eigenvalue weighted by Gasteiger charge is -2.21. The van der Waals surface area contributed by atoms with Crippen molar-refractivity contribution in [3.8, 4) is 0 Å². The van der Waals surface area contributed by atoms with Crippen molar-refractivity contribution >= 4 is 29.9 Å². The van der Waals surface area contributed by atoms with Gasteiger partial charge in [0.2, 0.25) is 0 Å². The summed E-state index contributed by atoms with van der Waals surface area (Å²) in [7, 11) is 3.52.